The van der Waals surface area contributed by atoms with Crippen molar-refractivity contribution in [3.63, 3.8) is 0 Å². The Kier molecular flexibility index (Phi) is 10.6. The van der Waals surface area contributed by atoms with E-state index in [0.717, 1.165) is 31.2 Å². The van der Waals surface area contributed by atoms with Crippen LogP contribution in [0.5, 0.6) is 0 Å². The topological polar surface area (TPSA) is 93.1 Å². The van der Waals surface area contributed by atoms with Gasteiger partial charge in [-0.05, 0) is 29.5 Å². The summed E-state index contributed by atoms with van der Waals surface area (Å²) >= 11 is 0. The fourth-order valence-corrected chi connectivity index (χ4v) is 2.55. The molecular weight excluding hydrogens is 336 g/mol. The van der Waals surface area contributed by atoms with E-state index >= 15 is 0 Å². The van der Waals surface area contributed by atoms with Gasteiger partial charge in [-0.25, -0.2) is 0 Å². The Morgan fingerprint density at radius 1 is 0.923 bits per heavy atom. The molecule has 1 rings (SSSR count). The smallest absolute Gasteiger partial charge is 0.307 e. The standard InChI is InChI=1S/C20H30O6/c1-3-5-9-25-20(26-10-6-4-2)14-17-11-15(12-18(21)22)7-8-16(17)13-19(23)24/h7-8,11,20H,3-6,9-10,12-14H2,1-2H3,(H,21,22)(H,23,24). The molecule has 0 unspecified atom stereocenters. The lowest BCUT2D eigenvalue weighted by atomic mass is 9.97. The Labute approximate surface area is 155 Å². The number of rotatable bonds is 14. The molecular formula is C20H30O6. The second kappa shape index (κ2) is 12.4. The highest BCUT2D eigenvalue weighted by atomic mass is 16.7. The van der Waals surface area contributed by atoms with Gasteiger partial charge in [0.05, 0.1) is 12.8 Å². The molecule has 0 aromatic heterocycles. The number of carboxylic acid groups (broad SMARTS) is 2. The van der Waals surface area contributed by atoms with Gasteiger partial charge >= 0.3 is 11.9 Å². The fourth-order valence-electron chi connectivity index (χ4n) is 2.55. The molecule has 1 aromatic rings. The number of unbranched alkanes of at least 4 members (excludes halogenated alkanes) is 2. The van der Waals surface area contributed by atoms with Crippen LogP contribution in [0.4, 0.5) is 0 Å². The van der Waals surface area contributed by atoms with E-state index in [-0.39, 0.29) is 12.8 Å². The van der Waals surface area contributed by atoms with E-state index in [1.807, 2.05) is 0 Å². The van der Waals surface area contributed by atoms with Crippen LogP contribution < -0.4 is 0 Å². The van der Waals surface area contributed by atoms with Crippen molar-refractivity contribution in [1.82, 2.24) is 0 Å². The molecule has 0 aliphatic rings. The summed E-state index contributed by atoms with van der Waals surface area (Å²) in [6.45, 7) is 5.32. The van der Waals surface area contributed by atoms with Crippen molar-refractivity contribution in [2.24, 2.45) is 0 Å². The number of carboxylic acids is 2. The van der Waals surface area contributed by atoms with Crippen molar-refractivity contribution in [2.75, 3.05) is 13.2 Å². The van der Waals surface area contributed by atoms with Gasteiger partial charge in [0, 0.05) is 19.6 Å². The highest BCUT2D eigenvalue weighted by Gasteiger charge is 2.16. The van der Waals surface area contributed by atoms with Gasteiger partial charge in [-0.1, -0.05) is 44.9 Å². The monoisotopic (exact) mass is 366 g/mol. The van der Waals surface area contributed by atoms with Crippen LogP contribution in [-0.2, 0) is 38.3 Å². The van der Waals surface area contributed by atoms with Crippen LogP contribution in [-0.4, -0.2) is 41.7 Å². The number of benzene rings is 1. The van der Waals surface area contributed by atoms with E-state index in [0.29, 0.717) is 30.8 Å². The van der Waals surface area contributed by atoms with Crippen LogP contribution in [0.3, 0.4) is 0 Å². The summed E-state index contributed by atoms with van der Waals surface area (Å²) in [5.41, 5.74) is 2.07. The minimum absolute atomic E-state index is 0.0988. The first-order chi connectivity index (χ1) is 12.5. The molecule has 0 saturated heterocycles. The summed E-state index contributed by atoms with van der Waals surface area (Å²) in [5, 5.41) is 18.1. The SMILES string of the molecule is CCCCOC(Cc1cc(CC(=O)O)ccc1CC(=O)O)OCCCC. The molecule has 6 nitrogen and oxygen atoms in total. The molecule has 0 bridgehead atoms. The molecule has 0 radical (unpaired) electrons. The molecule has 0 spiro atoms. The number of carbonyl (C=O) groups is 2. The summed E-state index contributed by atoms with van der Waals surface area (Å²) in [6, 6.07) is 5.11. The molecule has 146 valence electrons. The molecule has 0 aliphatic heterocycles. The maximum Gasteiger partial charge on any atom is 0.307 e. The fraction of sp³-hybridized carbons (Fsp3) is 0.600. The summed E-state index contributed by atoms with van der Waals surface area (Å²) < 4.78 is 11.7. The van der Waals surface area contributed by atoms with Crippen LogP contribution in [0.15, 0.2) is 18.2 Å². The van der Waals surface area contributed by atoms with E-state index in [9.17, 15) is 9.59 Å². The summed E-state index contributed by atoms with van der Waals surface area (Å²) in [6.07, 6.45) is 3.62. The highest BCUT2D eigenvalue weighted by Crippen LogP contribution is 2.18. The third-order valence-corrected chi connectivity index (χ3v) is 3.96. The van der Waals surface area contributed by atoms with Crippen molar-refractivity contribution < 1.29 is 29.3 Å². The predicted molar refractivity (Wildman–Crippen MR) is 98.3 cm³/mol. The van der Waals surface area contributed by atoms with Crippen LogP contribution >= 0.6 is 0 Å². The zero-order valence-corrected chi connectivity index (χ0v) is 15.7. The first-order valence-electron chi connectivity index (χ1n) is 9.23. The predicted octanol–water partition coefficient (Wildman–Crippen LogP) is 3.44. The lowest BCUT2D eigenvalue weighted by Crippen LogP contribution is -2.23. The average Bonchev–Trinajstić information content (AvgIpc) is 2.56. The summed E-state index contributed by atoms with van der Waals surface area (Å²) in [4.78, 5) is 22.1. The molecule has 0 atom stereocenters. The Balaban J connectivity index is 2.94. The second-order valence-corrected chi connectivity index (χ2v) is 6.33. The van der Waals surface area contributed by atoms with Crippen molar-refractivity contribution in [3.8, 4) is 0 Å². The molecule has 0 amide bonds. The summed E-state index contributed by atoms with van der Waals surface area (Å²) in [5.74, 6) is -1.84. The number of aliphatic carboxylic acids is 2. The van der Waals surface area contributed by atoms with Crippen molar-refractivity contribution >= 4 is 11.9 Å². The van der Waals surface area contributed by atoms with Crippen molar-refractivity contribution in [1.29, 1.82) is 0 Å². The molecule has 26 heavy (non-hydrogen) atoms. The zero-order chi connectivity index (χ0) is 19.4. The van der Waals surface area contributed by atoms with Crippen LogP contribution in [0.2, 0.25) is 0 Å². The molecule has 0 fully saturated rings. The molecule has 2 N–H and O–H groups in total. The van der Waals surface area contributed by atoms with E-state index < -0.39 is 18.2 Å². The Morgan fingerprint density at radius 2 is 1.50 bits per heavy atom. The summed E-state index contributed by atoms with van der Waals surface area (Å²) in [7, 11) is 0. The van der Waals surface area contributed by atoms with Gasteiger partial charge in [0.2, 0.25) is 0 Å². The third-order valence-electron chi connectivity index (χ3n) is 3.96. The van der Waals surface area contributed by atoms with Crippen LogP contribution in [0.1, 0.15) is 56.2 Å². The average molecular weight is 366 g/mol. The maximum absolute atomic E-state index is 11.1. The highest BCUT2D eigenvalue weighted by molar-refractivity contribution is 5.72. The minimum Gasteiger partial charge on any atom is -0.481 e. The minimum atomic E-state index is -0.924. The second-order valence-electron chi connectivity index (χ2n) is 6.33. The Bertz CT molecular complexity index is 559. The van der Waals surface area contributed by atoms with Gasteiger partial charge in [-0.3, -0.25) is 9.59 Å². The third kappa shape index (κ3) is 8.97. The Morgan fingerprint density at radius 3 is 2.00 bits per heavy atom. The number of ether oxygens (including phenoxy) is 2. The molecule has 6 heteroatoms. The first kappa shape index (κ1) is 22.1. The number of hydrogen-bond donors (Lipinski definition) is 2. The van der Waals surface area contributed by atoms with E-state index in [1.54, 1.807) is 18.2 Å². The van der Waals surface area contributed by atoms with E-state index in [4.69, 9.17) is 19.7 Å². The van der Waals surface area contributed by atoms with Gasteiger partial charge in [-0.15, -0.1) is 0 Å². The van der Waals surface area contributed by atoms with Crippen LogP contribution in [0.25, 0.3) is 0 Å². The van der Waals surface area contributed by atoms with Gasteiger partial charge in [-0.2, -0.15) is 0 Å². The molecule has 0 aliphatic carbocycles. The maximum atomic E-state index is 11.1. The van der Waals surface area contributed by atoms with Gasteiger partial charge < -0.3 is 19.7 Å². The lowest BCUT2D eigenvalue weighted by molar-refractivity contribution is -0.142. The van der Waals surface area contributed by atoms with E-state index in [1.165, 1.54) is 0 Å². The van der Waals surface area contributed by atoms with Crippen molar-refractivity contribution in [3.05, 3.63) is 34.9 Å². The first-order valence-corrected chi connectivity index (χ1v) is 9.23. The van der Waals surface area contributed by atoms with Gasteiger partial charge in [0.15, 0.2) is 6.29 Å². The van der Waals surface area contributed by atoms with Crippen LogP contribution in [0, 0.1) is 0 Å². The lowest BCUT2D eigenvalue weighted by Gasteiger charge is -2.20. The molecule has 0 heterocycles. The molecule has 0 saturated carbocycles. The largest absolute Gasteiger partial charge is 0.481 e. The molecule has 1 aromatic carbocycles. The van der Waals surface area contributed by atoms with Gasteiger partial charge in [0.25, 0.3) is 0 Å². The normalized spacial score (nSPS) is 11.0. The van der Waals surface area contributed by atoms with Gasteiger partial charge in [0.1, 0.15) is 0 Å². The van der Waals surface area contributed by atoms with Crippen molar-refractivity contribution in [2.45, 2.75) is 65.1 Å². The zero-order valence-electron chi connectivity index (χ0n) is 15.7. The Hall–Kier alpha value is -1.92. The van der Waals surface area contributed by atoms with E-state index in [2.05, 4.69) is 13.8 Å². The number of hydrogen-bond acceptors (Lipinski definition) is 4. The quantitative estimate of drug-likeness (QED) is 0.387.